The van der Waals surface area contributed by atoms with Gasteiger partial charge in [-0.1, -0.05) is 0 Å². The number of nitriles is 1. The number of benzene rings is 1. The van der Waals surface area contributed by atoms with E-state index in [1.54, 1.807) is 12.3 Å². The first-order valence-electron chi connectivity index (χ1n) is 7.14. The van der Waals surface area contributed by atoms with E-state index in [-0.39, 0.29) is 24.4 Å². The van der Waals surface area contributed by atoms with E-state index in [0.29, 0.717) is 17.0 Å². The van der Waals surface area contributed by atoms with Gasteiger partial charge in [0.1, 0.15) is 10.8 Å². The fourth-order valence-electron chi connectivity index (χ4n) is 2.12. The summed E-state index contributed by atoms with van der Waals surface area (Å²) in [5.41, 5.74) is 1.20. The molecule has 0 spiro atoms. The van der Waals surface area contributed by atoms with Crippen molar-refractivity contribution in [3.8, 4) is 6.07 Å². The van der Waals surface area contributed by atoms with Crippen molar-refractivity contribution in [1.82, 2.24) is 4.98 Å². The second-order valence-electron chi connectivity index (χ2n) is 5.14. The average Bonchev–Trinajstić information content (AvgIpc) is 2.95. The molecule has 1 aromatic heterocycles. The second kappa shape index (κ2) is 7.75. The molecular weight excluding hydrogens is 315 g/mol. The summed E-state index contributed by atoms with van der Waals surface area (Å²) < 4.78 is 12.8. The number of Topliss-reactive ketones (excluding diaryl/α,β-unsaturated/α-hetero) is 2. The number of aromatic nitrogens is 1. The molecule has 1 aromatic carbocycles. The van der Waals surface area contributed by atoms with Crippen LogP contribution in [0.25, 0.3) is 0 Å². The summed E-state index contributed by atoms with van der Waals surface area (Å²) in [6, 6.07) is 7.29. The number of halogens is 1. The number of hydrogen-bond donors (Lipinski definition) is 0. The summed E-state index contributed by atoms with van der Waals surface area (Å²) >= 11 is 1.29. The minimum absolute atomic E-state index is 0.142. The van der Waals surface area contributed by atoms with E-state index in [1.165, 1.54) is 35.6 Å². The summed E-state index contributed by atoms with van der Waals surface area (Å²) in [5.74, 6) is -1.63. The Bertz CT molecular complexity index is 747. The van der Waals surface area contributed by atoms with Gasteiger partial charge in [-0.15, -0.1) is 11.3 Å². The number of hydrogen-bond acceptors (Lipinski definition) is 5. The highest BCUT2D eigenvalue weighted by atomic mass is 32.1. The molecule has 0 amide bonds. The molecule has 0 saturated heterocycles. The number of ketones is 2. The molecule has 118 valence electrons. The molecule has 1 atom stereocenters. The third-order valence-electron chi connectivity index (χ3n) is 3.33. The monoisotopic (exact) mass is 330 g/mol. The summed E-state index contributed by atoms with van der Waals surface area (Å²) in [6.07, 6.45) is 0.688. The van der Waals surface area contributed by atoms with E-state index >= 15 is 0 Å². The molecule has 2 aromatic rings. The maximum atomic E-state index is 12.8. The van der Waals surface area contributed by atoms with Crippen molar-refractivity contribution in [3.63, 3.8) is 0 Å². The molecule has 0 aliphatic heterocycles. The van der Waals surface area contributed by atoms with Crippen molar-refractivity contribution in [2.75, 3.05) is 0 Å². The van der Waals surface area contributed by atoms with Gasteiger partial charge in [-0.05, 0) is 37.6 Å². The van der Waals surface area contributed by atoms with Crippen molar-refractivity contribution in [2.45, 2.75) is 32.1 Å². The molecule has 23 heavy (non-hydrogen) atoms. The fraction of sp³-hybridized carbons (Fsp3) is 0.294. The Morgan fingerprint density at radius 1 is 1.30 bits per heavy atom. The second-order valence-corrected chi connectivity index (χ2v) is 6.03. The molecule has 0 radical (unpaired) electrons. The molecule has 6 heteroatoms. The van der Waals surface area contributed by atoms with E-state index in [4.69, 9.17) is 5.26 Å². The van der Waals surface area contributed by atoms with E-state index in [2.05, 4.69) is 4.98 Å². The van der Waals surface area contributed by atoms with Crippen LogP contribution in [0.5, 0.6) is 0 Å². The Labute approximate surface area is 137 Å². The van der Waals surface area contributed by atoms with E-state index in [0.717, 1.165) is 5.69 Å². The third-order valence-corrected chi connectivity index (χ3v) is 4.36. The molecule has 1 heterocycles. The zero-order valence-corrected chi connectivity index (χ0v) is 13.4. The molecule has 0 aliphatic rings. The minimum Gasteiger partial charge on any atom is -0.298 e. The van der Waals surface area contributed by atoms with E-state index in [1.807, 2.05) is 6.07 Å². The predicted molar refractivity (Wildman–Crippen MR) is 84.8 cm³/mol. The molecular formula is C17H15FN2O2S. The lowest BCUT2D eigenvalue weighted by atomic mass is 9.99. The lowest BCUT2D eigenvalue weighted by Gasteiger charge is -2.05. The summed E-state index contributed by atoms with van der Waals surface area (Å²) in [7, 11) is 0. The van der Waals surface area contributed by atoms with Crippen LogP contribution < -0.4 is 0 Å². The largest absolute Gasteiger partial charge is 0.298 e. The predicted octanol–water partition coefficient (Wildman–Crippen LogP) is 3.82. The van der Waals surface area contributed by atoms with Gasteiger partial charge in [-0.2, -0.15) is 5.26 Å². The maximum absolute atomic E-state index is 12.8. The van der Waals surface area contributed by atoms with Crippen molar-refractivity contribution in [2.24, 2.45) is 0 Å². The van der Waals surface area contributed by atoms with Crippen LogP contribution in [0.4, 0.5) is 4.39 Å². The number of nitrogens with zero attached hydrogens (tertiary/aromatic N) is 2. The van der Waals surface area contributed by atoms with Gasteiger partial charge in [0.05, 0.1) is 6.07 Å². The molecule has 2 rings (SSSR count). The van der Waals surface area contributed by atoms with Crippen molar-refractivity contribution >= 4 is 22.9 Å². The Balaban J connectivity index is 1.87. The molecule has 0 fully saturated rings. The first kappa shape index (κ1) is 17.0. The van der Waals surface area contributed by atoms with Gasteiger partial charge in [-0.3, -0.25) is 9.59 Å². The zero-order chi connectivity index (χ0) is 16.8. The first-order chi connectivity index (χ1) is 11.0. The van der Waals surface area contributed by atoms with Crippen LogP contribution in [0.2, 0.25) is 0 Å². The molecule has 4 nitrogen and oxygen atoms in total. The standard InChI is InChI=1S/C17H15FN2O2S/c1-11-10-23-17(20-11)14(9-19)16(22)4-2-3-15(21)12-5-7-13(18)8-6-12/h5-8,10,14H,2-4H2,1H3. The minimum atomic E-state index is -0.866. The van der Waals surface area contributed by atoms with Gasteiger partial charge in [0, 0.05) is 29.5 Å². The number of aryl methyl sites for hydroxylation is 1. The molecule has 0 N–H and O–H groups in total. The van der Waals surface area contributed by atoms with Crippen LogP contribution in [0.15, 0.2) is 29.6 Å². The average molecular weight is 330 g/mol. The highest BCUT2D eigenvalue weighted by Gasteiger charge is 2.23. The molecule has 1 unspecified atom stereocenters. The topological polar surface area (TPSA) is 70.8 Å². The number of carbonyl (C=O) groups is 2. The van der Waals surface area contributed by atoms with Crippen LogP contribution in [0, 0.1) is 24.1 Å². The van der Waals surface area contributed by atoms with Crippen LogP contribution in [-0.2, 0) is 4.79 Å². The number of thiazole rings is 1. The molecule has 0 bridgehead atoms. The van der Waals surface area contributed by atoms with Gasteiger partial charge in [-0.25, -0.2) is 9.37 Å². The lowest BCUT2D eigenvalue weighted by Crippen LogP contribution is -2.11. The highest BCUT2D eigenvalue weighted by Crippen LogP contribution is 2.22. The summed E-state index contributed by atoms with van der Waals surface area (Å²) in [5, 5.41) is 11.5. The Hall–Kier alpha value is -2.39. The van der Waals surface area contributed by atoms with Crippen molar-refractivity contribution in [1.29, 1.82) is 5.26 Å². The molecule has 0 saturated carbocycles. The van der Waals surface area contributed by atoms with Crippen LogP contribution >= 0.6 is 11.3 Å². The Morgan fingerprint density at radius 2 is 2.00 bits per heavy atom. The quantitative estimate of drug-likeness (QED) is 0.724. The van der Waals surface area contributed by atoms with Gasteiger partial charge in [0.25, 0.3) is 0 Å². The number of carbonyl (C=O) groups excluding carboxylic acids is 2. The van der Waals surface area contributed by atoms with Crippen LogP contribution in [0.3, 0.4) is 0 Å². The molecule has 0 aliphatic carbocycles. The Morgan fingerprint density at radius 3 is 2.57 bits per heavy atom. The van der Waals surface area contributed by atoms with Crippen LogP contribution in [0.1, 0.15) is 46.2 Å². The van der Waals surface area contributed by atoms with Crippen LogP contribution in [-0.4, -0.2) is 16.6 Å². The smallest absolute Gasteiger partial charge is 0.162 e. The Kier molecular flexibility index (Phi) is 5.72. The van der Waals surface area contributed by atoms with Gasteiger partial charge >= 0.3 is 0 Å². The van der Waals surface area contributed by atoms with Crippen molar-refractivity contribution < 1.29 is 14.0 Å². The van der Waals surface area contributed by atoms with Gasteiger partial charge < -0.3 is 0 Å². The normalized spacial score (nSPS) is 11.7. The number of rotatable bonds is 7. The van der Waals surface area contributed by atoms with E-state index < -0.39 is 11.7 Å². The SMILES string of the molecule is Cc1csc(C(C#N)C(=O)CCCC(=O)c2ccc(F)cc2)n1. The summed E-state index contributed by atoms with van der Waals surface area (Å²) in [4.78, 5) is 28.2. The van der Waals surface area contributed by atoms with E-state index in [9.17, 15) is 14.0 Å². The van der Waals surface area contributed by atoms with Gasteiger partial charge in [0.15, 0.2) is 17.5 Å². The maximum Gasteiger partial charge on any atom is 0.162 e. The summed E-state index contributed by atoms with van der Waals surface area (Å²) in [6.45, 7) is 1.81. The zero-order valence-electron chi connectivity index (χ0n) is 12.6. The lowest BCUT2D eigenvalue weighted by molar-refractivity contribution is -0.119. The fourth-order valence-corrected chi connectivity index (χ4v) is 2.98. The van der Waals surface area contributed by atoms with Gasteiger partial charge in [0.2, 0.25) is 0 Å². The van der Waals surface area contributed by atoms with Crippen molar-refractivity contribution in [3.05, 3.63) is 51.7 Å². The highest BCUT2D eigenvalue weighted by molar-refractivity contribution is 7.09. The first-order valence-corrected chi connectivity index (χ1v) is 8.02. The third kappa shape index (κ3) is 4.54.